The molecule has 1 fully saturated rings. The number of hydrogen-bond acceptors (Lipinski definition) is 8. The Morgan fingerprint density at radius 1 is 1.17 bits per heavy atom. The summed E-state index contributed by atoms with van der Waals surface area (Å²) in [6.07, 6.45) is 6.42. The molecule has 10 heteroatoms. The number of primary amides is 1. The number of nitrogens with zero attached hydrogens (tertiary/aromatic N) is 4. The number of ether oxygens (including phenoxy) is 1. The molecule has 4 N–H and O–H groups in total. The van der Waals surface area contributed by atoms with Gasteiger partial charge in [-0.25, -0.2) is 9.97 Å². The van der Waals surface area contributed by atoms with E-state index in [0.717, 1.165) is 90.2 Å². The Morgan fingerprint density at radius 3 is 2.89 bits per heavy atom. The molecule has 4 aromatic rings. The number of amides is 1. The van der Waals surface area contributed by atoms with Crippen molar-refractivity contribution in [3.05, 3.63) is 35.3 Å². The zero-order chi connectivity index (χ0) is 24.0. The molecular formula is C25H31N7O2S. The Balaban J connectivity index is 1.34. The van der Waals surface area contributed by atoms with Crippen LogP contribution in [-0.2, 0) is 16.1 Å². The lowest BCUT2D eigenvalue weighted by Gasteiger charge is -2.28. The molecule has 35 heavy (non-hydrogen) atoms. The summed E-state index contributed by atoms with van der Waals surface area (Å²) in [6, 6.07) is 8.26. The molecule has 4 heterocycles. The van der Waals surface area contributed by atoms with E-state index in [2.05, 4.69) is 32.5 Å². The summed E-state index contributed by atoms with van der Waals surface area (Å²) in [5.74, 6) is 1.50. The second-order valence-electron chi connectivity index (χ2n) is 8.84. The van der Waals surface area contributed by atoms with Gasteiger partial charge < -0.3 is 20.7 Å². The number of carbonyl (C=O) groups excluding carboxylic acids is 1. The van der Waals surface area contributed by atoms with E-state index in [9.17, 15) is 4.79 Å². The highest BCUT2D eigenvalue weighted by atomic mass is 32.1. The minimum atomic E-state index is -0.211. The average Bonchev–Trinajstić information content (AvgIpc) is 3.52. The minimum Gasteiger partial charge on any atom is -0.378 e. The first-order valence-corrected chi connectivity index (χ1v) is 13.1. The summed E-state index contributed by atoms with van der Waals surface area (Å²) in [5, 5.41) is 11.8. The monoisotopic (exact) mass is 493 g/mol. The molecular weight excluding hydrogens is 462 g/mol. The van der Waals surface area contributed by atoms with Crippen molar-refractivity contribution in [2.75, 3.05) is 37.7 Å². The summed E-state index contributed by atoms with van der Waals surface area (Å²) in [4.78, 5) is 24.4. The molecule has 9 nitrogen and oxygen atoms in total. The molecule has 0 radical (unpaired) electrons. The van der Waals surface area contributed by atoms with Gasteiger partial charge in [0.25, 0.3) is 0 Å². The van der Waals surface area contributed by atoms with Gasteiger partial charge in [-0.2, -0.15) is 5.10 Å². The average molecular weight is 494 g/mol. The third kappa shape index (κ3) is 5.61. The molecule has 0 spiro atoms. The predicted molar refractivity (Wildman–Crippen MR) is 140 cm³/mol. The lowest BCUT2D eigenvalue weighted by Crippen LogP contribution is -2.36. The van der Waals surface area contributed by atoms with E-state index in [0.29, 0.717) is 19.6 Å². The number of carbonyl (C=O) groups is 1. The molecule has 3 aromatic heterocycles. The van der Waals surface area contributed by atoms with E-state index in [1.165, 1.54) is 4.88 Å². The third-order valence-corrected chi connectivity index (χ3v) is 7.39. The maximum atomic E-state index is 10.8. The number of H-pyrrole nitrogens is 1. The number of nitrogens with two attached hydrogens (primary N) is 1. The summed E-state index contributed by atoms with van der Waals surface area (Å²) >= 11 is 1.76. The van der Waals surface area contributed by atoms with Crippen LogP contribution in [0.4, 0.5) is 5.82 Å². The van der Waals surface area contributed by atoms with Crippen LogP contribution in [0.25, 0.3) is 32.5 Å². The topological polar surface area (TPSA) is 122 Å². The molecule has 0 aliphatic carbocycles. The fourth-order valence-corrected chi connectivity index (χ4v) is 5.52. The van der Waals surface area contributed by atoms with Crippen LogP contribution in [0.2, 0.25) is 0 Å². The van der Waals surface area contributed by atoms with Gasteiger partial charge in [-0.05, 0) is 31.5 Å². The predicted octanol–water partition coefficient (Wildman–Crippen LogP) is 3.60. The lowest BCUT2D eigenvalue weighted by molar-refractivity contribution is -0.118. The quantitative estimate of drug-likeness (QED) is 0.273. The van der Waals surface area contributed by atoms with E-state index in [4.69, 9.17) is 20.4 Å². The van der Waals surface area contributed by atoms with Gasteiger partial charge >= 0.3 is 0 Å². The van der Waals surface area contributed by atoms with Crippen molar-refractivity contribution >= 4 is 44.2 Å². The Morgan fingerprint density at radius 2 is 2.03 bits per heavy atom. The van der Waals surface area contributed by atoms with E-state index >= 15 is 0 Å². The highest BCUT2D eigenvalue weighted by molar-refractivity contribution is 7.19. The summed E-state index contributed by atoms with van der Waals surface area (Å²) in [7, 11) is 0. The van der Waals surface area contributed by atoms with Crippen LogP contribution in [0.3, 0.4) is 0 Å². The Labute approximate surface area is 208 Å². The second-order valence-corrected chi connectivity index (χ2v) is 9.98. The number of fused-ring (bicyclic) bond motifs is 2. The molecule has 1 aromatic carbocycles. The van der Waals surface area contributed by atoms with Crippen molar-refractivity contribution in [1.29, 1.82) is 0 Å². The molecule has 0 atom stereocenters. The van der Waals surface area contributed by atoms with Crippen LogP contribution in [0, 0.1) is 0 Å². The summed E-state index contributed by atoms with van der Waals surface area (Å²) < 4.78 is 6.71. The van der Waals surface area contributed by atoms with E-state index < -0.39 is 0 Å². The number of morpholine rings is 1. The zero-order valence-electron chi connectivity index (χ0n) is 19.8. The molecule has 1 amide bonds. The van der Waals surface area contributed by atoms with E-state index in [1.807, 2.05) is 18.3 Å². The fraction of sp³-hybridized carbons (Fsp3) is 0.440. The maximum absolute atomic E-state index is 10.8. The van der Waals surface area contributed by atoms with Crippen LogP contribution in [-0.4, -0.2) is 58.9 Å². The Hall–Kier alpha value is -3.08. The van der Waals surface area contributed by atoms with Gasteiger partial charge in [0.15, 0.2) is 11.6 Å². The summed E-state index contributed by atoms with van der Waals surface area (Å²) in [6.45, 7) is 4.80. The van der Waals surface area contributed by atoms with Crippen molar-refractivity contribution in [2.45, 2.75) is 38.6 Å². The molecule has 1 aliphatic rings. The Kier molecular flexibility index (Phi) is 7.51. The van der Waals surface area contributed by atoms with Gasteiger partial charge in [0.2, 0.25) is 5.91 Å². The number of unbranched alkanes of at least 4 members (excludes halogenated alkanes) is 3. The standard InChI is InChI=1S/C25H31N7O2S/c26-22(33)8-3-1-2-4-9-27-15-17-14-21-23(35-17)25(32-10-12-34-13-11-32)30-24(29-21)18-6-5-7-20-19(18)16-28-31-20/h5-7,14,16,27H,1-4,8-13,15H2,(H2,26,33)(H,28,31). The number of hydrogen-bond donors (Lipinski definition) is 3. The van der Waals surface area contributed by atoms with E-state index in [1.54, 1.807) is 11.3 Å². The number of aromatic nitrogens is 4. The first kappa shape index (κ1) is 23.7. The van der Waals surface area contributed by atoms with Gasteiger partial charge in [0.05, 0.1) is 35.1 Å². The second kappa shape index (κ2) is 11.1. The Bertz CT molecular complexity index is 1300. The van der Waals surface area contributed by atoms with Crippen molar-refractivity contribution in [2.24, 2.45) is 5.73 Å². The van der Waals surface area contributed by atoms with E-state index in [-0.39, 0.29) is 5.91 Å². The van der Waals surface area contributed by atoms with Crippen molar-refractivity contribution in [3.63, 3.8) is 0 Å². The number of benzene rings is 1. The van der Waals surface area contributed by atoms with Crippen LogP contribution >= 0.6 is 11.3 Å². The molecule has 0 saturated carbocycles. The van der Waals surface area contributed by atoms with Crippen LogP contribution in [0.15, 0.2) is 30.5 Å². The SMILES string of the molecule is NC(=O)CCCCCCNCc1cc2nc(-c3cccc4[nH]ncc34)nc(N3CCOCC3)c2s1. The number of rotatable bonds is 11. The number of thiophene rings is 1. The number of nitrogens with one attached hydrogen (secondary N) is 2. The molecule has 184 valence electrons. The summed E-state index contributed by atoms with van der Waals surface area (Å²) in [5.41, 5.74) is 8.13. The van der Waals surface area contributed by atoms with Crippen molar-refractivity contribution < 1.29 is 9.53 Å². The van der Waals surface area contributed by atoms with Crippen molar-refractivity contribution in [1.82, 2.24) is 25.5 Å². The molecule has 0 bridgehead atoms. The first-order valence-electron chi connectivity index (χ1n) is 12.2. The highest BCUT2D eigenvalue weighted by Crippen LogP contribution is 2.35. The van der Waals surface area contributed by atoms with Crippen LogP contribution < -0.4 is 16.0 Å². The van der Waals surface area contributed by atoms with Gasteiger partial charge in [-0.15, -0.1) is 11.3 Å². The van der Waals surface area contributed by atoms with Crippen LogP contribution in [0.5, 0.6) is 0 Å². The number of aromatic amines is 1. The normalized spacial score (nSPS) is 14.2. The fourth-order valence-electron chi connectivity index (χ4n) is 4.44. The molecule has 1 saturated heterocycles. The van der Waals surface area contributed by atoms with Crippen LogP contribution in [0.1, 0.15) is 37.0 Å². The van der Waals surface area contributed by atoms with Gasteiger partial charge in [-0.1, -0.05) is 25.0 Å². The lowest BCUT2D eigenvalue weighted by atomic mass is 10.1. The molecule has 0 unspecified atom stereocenters. The molecule has 5 rings (SSSR count). The van der Waals surface area contributed by atoms with Gasteiger partial charge in [-0.3, -0.25) is 9.89 Å². The third-order valence-electron chi connectivity index (χ3n) is 6.27. The van der Waals surface area contributed by atoms with Crippen molar-refractivity contribution in [3.8, 4) is 11.4 Å². The highest BCUT2D eigenvalue weighted by Gasteiger charge is 2.21. The largest absolute Gasteiger partial charge is 0.378 e. The maximum Gasteiger partial charge on any atom is 0.217 e. The zero-order valence-corrected chi connectivity index (χ0v) is 20.6. The molecule has 1 aliphatic heterocycles. The van der Waals surface area contributed by atoms with Gasteiger partial charge in [0, 0.05) is 41.9 Å². The van der Waals surface area contributed by atoms with Gasteiger partial charge in [0.1, 0.15) is 0 Å². The first-order chi connectivity index (χ1) is 17.2. The number of anilines is 1. The minimum absolute atomic E-state index is 0.211. The smallest absolute Gasteiger partial charge is 0.217 e.